The van der Waals surface area contributed by atoms with Crippen LogP contribution in [0.1, 0.15) is 43.6 Å². The Morgan fingerprint density at radius 3 is 2.88 bits per heavy atom. The van der Waals surface area contributed by atoms with Gasteiger partial charge in [-0.25, -0.2) is 4.39 Å². The van der Waals surface area contributed by atoms with Crippen LogP contribution in [0.25, 0.3) is 0 Å². The highest BCUT2D eigenvalue weighted by molar-refractivity contribution is 5.83. The zero-order valence-corrected chi connectivity index (χ0v) is 13.8. The highest BCUT2D eigenvalue weighted by Gasteiger charge is 2.46. The van der Waals surface area contributed by atoms with Gasteiger partial charge < -0.3 is 14.8 Å². The van der Waals surface area contributed by atoms with Crippen molar-refractivity contribution in [2.45, 2.75) is 49.7 Å². The molecule has 5 heteroatoms. The number of halogens is 1. The molecule has 2 saturated heterocycles. The number of amides is 1. The summed E-state index contributed by atoms with van der Waals surface area (Å²) < 4.78 is 24.8. The van der Waals surface area contributed by atoms with Crippen LogP contribution < -0.4 is 5.32 Å². The Morgan fingerprint density at radius 2 is 2.08 bits per heavy atom. The topological polar surface area (TPSA) is 47.6 Å². The molecule has 24 heavy (non-hydrogen) atoms. The molecule has 2 aliphatic heterocycles. The van der Waals surface area contributed by atoms with Crippen molar-refractivity contribution in [1.82, 2.24) is 5.32 Å². The first kappa shape index (κ1) is 16.0. The van der Waals surface area contributed by atoms with Crippen molar-refractivity contribution < 1.29 is 18.7 Å². The molecular formula is C19H24FNO3. The van der Waals surface area contributed by atoms with Crippen LogP contribution >= 0.6 is 0 Å². The minimum atomic E-state index is -0.232. The van der Waals surface area contributed by atoms with E-state index in [-0.39, 0.29) is 35.2 Å². The normalized spacial score (nSPS) is 31.6. The smallest absolute Gasteiger partial charge is 0.223 e. The van der Waals surface area contributed by atoms with E-state index in [0.717, 1.165) is 50.9 Å². The van der Waals surface area contributed by atoms with Gasteiger partial charge in [0.05, 0.1) is 5.60 Å². The maximum Gasteiger partial charge on any atom is 0.223 e. The van der Waals surface area contributed by atoms with E-state index in [1.165, 1.54) is 6.07 Å². The minimum absolute atomic E-state index is 0.0136. The minimum Gasteiger partial charge on any atom is -0.381 e. The number of ether oxygens (including phenoxy) is 2. The van der Waals surface area contributed by atoms with Crippen LogP contribution in [0.3, 0.4) is 0 Å². The van der Waals surface area contributed by atoms with Gasteiger partial charge in [-0.05, 0) is 55.7 Å². The molecule has 3 atom stereocenters. The maximum absolute atomic E-state index is 13.3. The first-order valence-electron chi connectivity index (χ1n) is 8.93. The number of rotatable bonds is 3. The lowest BCUT2D eigenvalue weighted by atomic mass is 9.84. The Balaban J connectivity index is 1.33. The third-order valence-corrected chi connectivity index (χ3v) is 5.65. The summed E-state index contributed by atoms with van der Waals surface area (Å²) in [6.07, 6.45) is 4.38. The number of carbonyl (C=O) groups excluding carboxylic acids is 1. The molecule has 1 saturated carbocycles. The highest BCUT2D eigenvalue weighted by atomic mass is 19.1. The number of nitrogens with one attached hydrogen (secondary N) is 1. The average Bonchev–Trinajstić information content (AvgIpc) is 3.36. The number of hydrogen-bond acceptors (Lipinski definition) is 3. The Hall–Kier alpha value is -1.46. The Morgan fingerprint density at radius 1 is 1.25 bits per heavy atom. The monoisotopic (exact) mass is 333 g/mol. The van der Waals surface area contributed by atoms with Crippen molar-refractivity contribution in [3.63, 3.8) is 0 Å². The molecule has 1 aliphatic carbocycles. The molecule has 1 aromatic carbocycles. The van der Waals surface area contributed by atoms with Crippen LogP contribution in [0.15, 0.2) is 24.3 Å². The van der Waals surface area contributed by atoms with Gasteiger partial charge in [0.25, 0.3) is 0 Å². The fourth-order valence-electron chi connectivity index (χ4n) is 4.14. The summed E-state index contributed by atoms with van der Waals surface area (Å²) in [5.74, 6) is 0.0284. The summed E-state index contributed by atoms with van der Waals surface area (Å²) in [4.78, 5) is 12.5. The molecule has 1 aromatic rings. The molecule has 3 fully saturated rings. The second kappa shape index (κ2) is 6.45. The SMILES string of the molecule is O=C(N[C@@H]1CCOC2(CCOCC2)C1)[C@H]1C[C@H]1c1cccc(F)c1. The lowest BCUT2D eigenvalue weighted by Gasteiger charge is -2.43. The molecule has 4 nitrogen and oxygen atoms in total. The van der Waals surface area contributed by atoms with Crippen molar-refractivity contribution >= 4 is 5.91 Å². The van der Waals surface area contributed by atoms with Crippen molar-refractivity contribution in [3.05, 3.63) is 35.6 Å². The lowest BCUT2D eigenvalue weighted by molar-refractivity contribution is -0.144. The molecule has 0 aromatic heterocycles. The van der Waals surface area contributed by atoms with E-state index in [0.29, 0.717) is 6.61 Å². The van der Waals surface area contributed by atoms with Crippen molar-refractivity contribution in [1.29, 1.82) is 0 Å². The van der Waals surface area contributed by atoms with Gasteiger partial charge in [-0.2, -0.15) is 0 Å². The van der Waals surface area contributed by atoms with E-state index in [1.54, 1.807) is 12.1 Å². The summed E-state index contributed by atoms with van der Waals surface area (Å²) in [6.45, 7) is 2.18. The lowest BCUT2D eigenvalue weighted by Crippen LogP contribution is -2.51. The molecular weight excluding hydrogens is 309 g/mol. The van der Waals surface area contributed by atoms with Gasteiger partial charge in [0.15, 0.2) is 0 Å². The second-order valence-corrected chi connectivity index (χ2v) is 7.35. The van der Waals surface area contributed by atoms with Crippen LogP contribution in [-0.2, 0) is 14.3 Å². The molecule has 0 radical (unpaired) electrons. The van der Waals surface area contributed by atoms with Crippen LogP contribution in [0.2, 0.25) is 0 Å². The predicted molar refractivity (Wildman–Crippen MR) is 87.1 cm³/mol. The van der Waals surface area contributed by atoms with Gasteiger partial charge in [0, 0.05) is 31.8 Å². The van der Waals surface area contributed by atoms with E-state index in [2.05, 4.69) is 5.32 Å². The van der Waals surface area contributed by atoms with Crippen molar-refractivity contribution in [2.24, 2.45) is 5.92 Å². The molecule has 3 aliphatic rings. The zero-order chi connectivity index (χ0) is 16.6. The summed E-state index contributed by atoms with van der Waals surface area (Å²) >= 11 is 0. The van der Waals surface area contributed by atoms with E-state index in [9.17, 15) is 9.18 Å². The first-order valence-corrected chi connectivity index (χ1v) is 8.93. The average molecular weight is 333 g/mol. The van der Waals surface area contributed by atoms with E-state index in [1.807, 2.05) is 6.07 Å². The van der Waals surface area contributed by atoms with Crippen LogP contribution in [0, 0.1) is 11.7 Å². The third-order valence-electron chi connectivity index (χ3n) is 5.65. The molecule has 1 spiro atoms. The zero-order valence-electron chi connectivity index (χ0n) is 13.8. The Kier molecular flexibility index (Phi) is 4.31. The van der Waals surface area contributed by atoms with Gasteiger partial charge in [0.2, 0.25) is 5.91 Å². The van der Waals surface area contributed by atoms with E-state index < -0.39 is 0 Å². The van der Waals surface area contributed by atoms with Crippen molar-refractivity contribution in [3.8, 4) is 0 Å². The Bertz CT molecular complexity index is 609. The maximum atomic E-state index is 13.3. The van der Waals surface area contributed by atoms with E-state index in [4.69, 9.17) is 9.47 Å². The van der Waals surface area contributed by atoms with Gasteiger partial charge >= 0.3 is 0 Å². The fourth-order valence-corrected chi connectivity index (χ4v) is 4.14. The van der Waals surface area contributed by atoms with Crippen molar-refractivity contribution in [2.75, 3.05) is 19.8 Å². The van der Waals surface area contributed by atoms with Crippen LogP contribution in [-0.4, -0.2) is 37.4 Å². The van der Waals surface area contributed by atoms with E-state index >= 15 is 0 Å². The molecule has 1 N–H and O–H groups in total. The second-order valence-electron chi connectivity index (χ2n) is 7.35. The third kappa shape index (κ3) is 3.33. The quantitative estimate of drug-likeness (QED) is 0.925. The molecule has 4 rings (SSSR count). The van der Waals surface area contributed by atoms with Crippen LogP contribution in [0.4, 0.5) is 4.39 Å². The number of carbonyl (C=O) groups is 1. The largest absolute Gasteiger partial charge is 0.381 e. The summed E-state index contributed by atoms with van der Waals surface area (Å²) in [5.41, 5.74) is 0.822. The summed E-state index contributed by atoms with van der Waals surface area (Å²) in [6, 6.07) is 6.79. The summed E-state index contributed by atoms with van der Waals surface area (Å²) in [5, 5.41) is 3.21. The van der Waals surface area contributed by atoms with Crippen LogP contribution in [0.5, 0.6) is 0 Å². The first-order chi connectivity index (χ1) is 11.7. The number of benzene rings is 1. The molecule has 0 bridgehead atoms. The highest BCUT2D eigenvalue weighted by Crippen LogP contribution is 2.48. The number of hydrogen-bond donors (Lipinski definition) is 1. The molecule has 1 amide bonds. The summed E-state index contributed by atoms with van der Waals surface area (Å²) in [7, 11) is 0. The fraction of sp³-hybridized carbons (Fsp3) is 0.632. The standard InChI is InChI=1S/C19H24FNO3/c20-14-3-1-2-13(10-14)16-11-17(16)18(22)21-15-4-7-24-19(12-15)5-8-23-9-6-19/h1-3,10,15-17H,4-9,11-12H2,(H,21,22)/t15-,16+,17+/m1/s1. The Labute approximate surface area is 141 Å². The van der Waals surface area contributed by atoms with Gasteiger partial charge in [-0.1, -0.05) is 12.1 Å². The molecule has 0 unspecified atom stereocenters. The van der Waals surface area contributed by atoms with Gasteiger partial charge in [0.1, 0.15) is 5.82 Å². The molecule has 2 heterocycles. The van der Waals surface area contributed by atoms with Gasteiger partial charge in [-0.3, -0.25) is 4.79 Å². The molecule has 130 valence electrons. The van der Waals surface area contributed by atoms with Gasteiger partial charge in [-0.15, -0.1) is 0 Å². The predicted octanol–water partition coefficient (Wildman–Crippen LogP) is 2.77.